The van der Waals surface area contributed by atoms with E-state index < -0.39 is 0 Å². The normalized spacial score (nSPS) is 29.1. The molecular formula is C9H21N3O. The van der Waals surface area contributed by atoms with E-state index in [0.717, 1.165) is 19.6 Å². The first kappa shape index (κ1) is 10.9. The number of β-amino-alcohol motifs (C(OH)–C–C–N with tert-alkyl or cyclic N) is 1. The molecule has 13 heavy (non-hydrogen) atoms. The predicted molar refractivity (Wildman–Crippen MR) is 53.6 cm³/mol. The maximum atomic E-state index is 9.41. The summed E-state index contributed by atoms with van der Waals surface area (Å²) < 4.78 is 0. The first-order valence-corrected chi connectivity index (χ1v) is 4.94. The average molecular weight is 187 g/mol. The van der Waals surface area contributed by atoms with Crippen molar-refractivity contribution >= 4 is 0 Å². The quantitative estimate of drug-likeness (QED) is 0.591. The van der Waals surface area contributed by atoms with Gasteiger partial charge in [0.1, 0.15) is 0 Å². The van der Waals surface area contributed by atoms with E-state index in [9.17, 15) is 5.11 Å². The number of hydrogen-bond acceptors (Lipinski definition) is 4. The average Bonchev–Trinajstić information content (AvgIpc) is 2.09. The minimum Gasteiger partial charge on any atom is -0.390 e. The maximum absolute atomic E-state index is 9.41. The second-order valence-electron chi connectivity index (χ2n) is 4.00. The molecule has 4 heteroatoms. The van der Waals surface area contributed by atoms with Crippen LogP contribution in [0, 0.1) is 0 Å². The first-order chi connectivity index (χ1) is 6.13. The molecule has 0 aromatic heterocycles. The smallest absolute Gasteiger partial charge is 0.0789 e. The number of aliphatic hydroxyl groups is 1. The van der Waals surface area contributed by atoms with Crippen molar-refractivity contribution in [1.29, 1.82) is 0 Å². The summed E-state index contributed by atoms with van der Waals surface area (Å²) in [7, 11) is 2.13. The highest BCUT2D eigenvalue weighted by atomic mass is 16.3. The number of rotatable bonds is 3. The van der Waals surface area contributed by atoms with Crippen LogP contribution in [0.4, 0.5) is 0 Å². The Morgan fingerprint density at radius 2 is 2.23 bits per heavy atom. The molecule has 2 atom stereocenters. The van der Waals surface area contributed by atoms with Crippen molar-refractivity contribution in [1.82, 2.24) is 9.80 Å². The van der Waals surface area contributed by atoms with Gasteiger partial charge in [-0.25, -0.2) is 0 Å². The standard InChI is InChI=1S/C9H21N3O/c1-8-6-11(2)3-4-12(8)7-9(13)5-10/h8-9,13H,3-7,10H2,1-2H3. The molecule has 1 aliphatic rings. The highest BCUT2D eigenvalue weighted by Crippen LogP contribution is 2.07. The molecule has 1 aliphatic heterocycles. The SMILES string of the molecule is CC1CN(C)CCN1CC(O)CN. The lowest BCUT2D eigenvalue weighted by Gasteiger charge is -2.38. The third kappa shape index (κ3) is 3.23. The zero-order chi connectivity index (χ0) is 9.84. The van der Waals surface area contributed by atoms with Gasteiger partial charge in [0, 0.05) is 38.8 Å². The van der Waals surface area contributed by atoms with Crippen LogP contribution in [0.2, 0.25) is 0 Å². The molecule has 0 amide bonds. The van der Waals surface area contributed by atoms with Crippen molar-refractivity contribution in [3.8, 4) is 0 Å². The van der Waals surface area contributed by atoms with Crippen LogP contribution in [0.3, 0.4) is 0 Å². The first-order valence-electron chi connectivity index (χ1n) is 4.94. The number of likely N-dealkylation sites (N-methyl/N-ethyl adjacent to an activating group) is 1. The zero-order valence-electron chi connectivity index (χ0n) is 8.61. The summed E-state index contributed by atoms with van der Waals surface area (Å²) in [6.07, 6.45) is -0.370. The third-order valence-corrected chi connectivity index (χ3v) is 2.69. The van der Waals surface area contributed by atoms with E-state index in [4.69, 9.17) is 5.73 Å². The molecule has 0 saturated carbocycles. The van der Waals surface area contributed by atoms with E-state index in [1.54, 1.807) is 0 Å². The molecule has 0 spiro atoms. The predicted octanol–water partition coefficient (Wildman–Crippen LogP) is -1.06. The van der Waals surface area contributed by atoms with Crippen molar-refractivity contribution < 1.29 is 5.11 Å². The van der Waals surface area contributed by atoms with Gasteiger partial charge in [-0.05, 0) is 14.0 Å². The minimum absolute atomic E-state index is 0.360. The second-order valence-corrected chi connectivity index (χ2v) is 4.00. The molecule has 0 bridgehead atoms. The fourth-order valence-corrected chi connectivity index (χ4v) is 1.79. The van der Waals surface area contributed by atoms with Crippen molar-refractivity contribution in [2.24, 2.45) is 5.73 Å². The number of nitrogens with zero attached hydrogens (tertiary/aromatic N) is 2. The van der Waals surface area contributed by atoms with Crippen LogP contribution in [0.5, 0.6) is 0 Å². The van der Waals surface area contributed by atoms with E-state index >= 15 is 0 Å². The van der Waals surface area contributed by atoms with E-state index in [2.05, 4.69) is 23.8 Å². The summed E-state index contributed by atoms with van der Waals surface area (Å²) in [5, 5.41) is 9.41. The molecule has 1 fully saturated rings. The Morgan fingerprint density at radius 1 is 1.54 bits per heavy atom. The number of piperazine rings is 1. The summed E-state index contributed by atoms with van der Waals surface area (Å²) in [5.41, 5.74) is 5.37. The van der Waals surface area contributed by atoms with Gasteiger partial charge >= 0.3 is 0 Å². The molecule has 78 valence electrons. The summed E-state index contributed by atoms with van der Waals surface area (Å²) in [5.74, 6) is 0. The molecule has 0 radical (unpaired) electrons. The van der Waals surface area contributed by atoms with Gasteiger partial charge in [0.25, 0.3) is 0 Å². The van der Waals surface area contributed by atoms with Gasteiger partial charge in [-0.15, -0.1) is 0 Å². The van der Waals surface area contributed by atoms with Gasteiger partial charge in [0.2, 0.25) is 0 Å². The van der Waals surface area contributed by atoms with Gasteiger partial charge in [-0.2, -0.15) is 0 Å². The van der Waals surface area contributed by atoms with Gasteiger partial charge < -0.3 is 15.7 Å². The lowest BCUT2D eigenvalue weighted by Crippen LogP contribution is -2.53. The van der Waals surface area contributed by atoms with Gasteiger partial charge in [0.05, 0.1) is 6.10 Å². The van der Waals surface area contributed by atoms with Crippen LogP contribution >= 0.6 is 0 Å². The molecule has 0 aromatic carbocycles. The van der Waals surface area contributed by atoms with E-state index in [-0.39, 0.29) is 6.10 Å². The van der Waals surface area contributed by atoms with E-state index in [0.29, 0.717) is 19.1 Å². The molecule has 2 unspecified atom stereocenters. The van der Waals surface area contributed by atoms with Crippen LogP contribution in [-0.2, 0) is 0 Å². The van der Waals surface area contributed by atoms with Gasteiger partial charge in [-0.3, -0.25) is 4.90 Å². The van der Waals surface area contributed by atoms with Crippen LogP contribution in [0.15, 0.2) is 0 Å². The third-order valence-electron chi connectivity index (χ3n) is 2.69. The van der Waals surface area contributed by atoms with Gasteiger partial charge in [-0.1, -0.05) is 0 Å². The molecule has 4 nitrogen and oxygen atoms in total. The lowest BCUT2D eigenvalue weighted by atomic mass is 10.2. The largest absolute Gasteiger partial charge is 0.390 e. The highest BCUT2D eigenvalue weighted by Gasteiger charge is 2.22. The fraction of sp³-hybridized carbons (Fsp3) is 1.00. The number of hydrogen-bond donors (Lipinski definition) is 2. The molecule has 3 N–H and O–H groups in total. The monoisotopic (exact) mass is 187 g/mol. The van der Waals surface area contributed by atoms with Crippen molar-refractivity contribution in [3.63, 3.8) is 0 Å². The molecule has 1 heterocycles. The van der Waals surface area contributed by atoms with E-state index in [1.807, 2.05) is 0 Å². The Kier molecular flexibility index (Phi) is 4.12. The number of nitrogens with two attached hydrogens (primary N) is 1. The number of aliphatic hydroxyl groups excluding tert-OH is 1. The van der Waals surface area contributed by atoms with Crippen LogP contribution in [-0.4, -0.2) is 66.8 Å². The van der Waals surface area contributed by atoms with Crippen LogP contribution < -0.4 is 5.73 Å². The molecular weight excluding hydrogens is 166 g/mol. The minimum atomic E-state index is -0.370. The molecule has 0 aromatic rings. The van der Waals surface area contributed by atoms with E-state index in [1.165, 1.54) is 0 Å². The Morgan fingerprint density at radius 3 is 2.77 bits per heavy atom. The summed E-state index contributed by atoms with van der Waals surface area (Å²) >= 11 is 0. The van der Waals surface area contributed by atoms with Crippen molar-refractivity contribution in [3.05, 3.63) is 0 Å². The van der Waals surface area contributed by atoms with Crippen molar-refractivity contribution in [2.75, 3.05) is 39.8 Å². The lowest BCUT2D eigenvalue weighted by molar-refractivity contribution is 0.0510. The second kappa shape index (κ2) is 4.91. The highest BCUT2D eigenvalue weighted by molar-refractivity contribution is 4.79. The Balaban J connectivity index is 2.33. The Hall–Kier alpha value is -0.160. The van der Waals surface area contributed by atoms with Crippen LogP contribution in [0.25, 0.3) is 0 Å². The summed E-state index contributed by atoms with van der Waals surface area (Å²) in [6, 6.07) is 0.528. The maximum Gasteiger partial charge on any atom is 0.0789 e. The summed E-state index contributed by atoms with van der Waals surface area (Å²) in [4.78, 5) is 4.62. The molecule has 1 rings (SSSR count). The molecule has 0 aliphatic carbocycles. The van der Waals surface area contributed by atoms with Gasteiger partial charge in [0.15, 0.2) is 0 Å². The zero-order valence-corrected chi connectivity index (χ0v) is 8.61. The summed E-state index contributed by atoms with van der Waals surface area (Å²) in [6.45, 7) is 6.47. The Labute approximate surface area is 80.3 Å². The molecule has 1 saturated heterocycles. The Bertz CT molecular complexity index is 154. The van der Waals surface area contributed by atoms with Crippen LogP contribution in [0.1, 0.15) is 6.92 Å². The topological polar surface area (TPSA) is 52.7 Å². The fourth-order valence-electron chi connectivity index (χ4n) is 1.79. The van der Waals surface area contributed by atoms with Crippen molar-refractivity contribution in [2.45, 2.75) is 19.1 Å².